The molecule has 0 unspecified atom stereocenters. The average molecular weight is 424 g/mol. The molecule has 1 aliphatic heterocycles. The average Bonchev–Trinajstić information content (AvgIpc) is 2.80. The second-order valence-corrected chi connectivity index (χ2v) is 7.74. The third kappa shape index (κ3) is 6.67. The van der Waals surface area contributed by atoms with Crippen LogP contribution in [0.2, 0.25) is 0 Å². The van der Waals surface area contributed by atoms with Gasteiger partial charge in [0.25, 0.3) is 0 Å². The minimum Gasteiger partial charge on any atom is -0.357 e. The number of hydrogen-bond acceptors (Lipinski definition) is 5. The number of rotatable bonds is 7. The van der Waals surface area contributed by atoms with Crippen molar-refractivity contribution in [3.63, 3.8) is 0 Å². The molecule has 0 radical (unpaired) electrons. The normalized spacial score (nSPS) is 14.5. The first-order valence-electron chi connectivity index (χ1n) is 10.9. The summed E-state index contributed by atoms with van der Waals surface area (Å²) in [6.45, 7) is 9.05. The second-order valence-electron chi connectivity index (χ2n) is 7.74. The summed E-state index contributed by atoms with van der Waals surface area (Å²) in [6, 6.07) is 10.3. The first-order chi connectivity index (χ1) is 15.1. The van der Waals surface area contributed by atoms with Crippen molar-refractivity contribution in [2.45, 2.75) is 26.8 Å². The molecule has 3 rings (SSSR count). The maximum Gasteiger partial charge on any atom is 0.225 e. The summed E-state index contributed by atoms with van der Waals surface area (Å²) in [5.74, 6) is 1.70. The van der Waals surface area contributed by atoms with E-state index in [-0.39, 0.29) is 5.91 Å². The molecule has 1 aromatic carbocycles. The fourth-order valence-electron chi connectivity index (χ4n) is 3.54. The summed E-state index contributed by atoms with van der Waals surface area (Å²) in [5.41, 5.74) is 2.48. The van der Waals surface area contributed by atoms with Crippen LogP contribution in [0, 0.1) is 6.92 Å². The predicted molar refractivity (Wildman–Crippen MR) is 124 cm³/mol. The number of guanidine groups is 1. The van der Waals surface area contributed by atoms with Crippen LogP contribution in [-0.2, 0) is 11.3 Å². The van der Waals surface area contributed by atoms with Gasteiger partial charge in [-0.15, -0.1) is 0 Å². The molecule has 0 bridgehead atoms. The number of aromatic nitrogens is 2. The van der Waals surface area contributed by atoms with Gasteiger partial charge in [-0.3, -0.25) is 9.79 Å². The highest BCUT2D eigenvalue weighted by Crippen LogP contribution is 2.11. The lowest BCUT2D eigenvalue weighted by molar-refractivity contribution is -0.131. The van der Waals surface area contributed by atoms with E-state index < -0.39 is 0 Å². The van der Waals surface area contributed by atoms with Crippen LogP contribution in [0.15, 0.2) is 47.7 Å². The number of anilines is 1. The fraction of sp³-hybridized carbons (Fsp3) is 0.478. The van der Waals surface area contributed by atoms with Gasteiger partial charge >= 0.3 is 0 Å². The van der Waals surface area contributed by atoms with Crippen molar-refractivity contribution in [2.75, 3.05) is 51.2 Å². The van der Waals surface area contributed by atoms with Crippen LogP contribution in [0.4, 0.5) is 5.95 Å². The molecule has 0 atom stereocenters. The van der Waals surface area contributed by atoms with Crippen molar-refractivity contribution in [1.82, 2.24) is 25.1 Å². The largest absolute Gasteiger partial charge is 0.357 e. The van der Waals surface area contributed by atoms with Gasteiger partial charge in [-0.05, 0) is 25.5 Å². The molecule has 1 aliphatic rings. The Morgan fingerprint density at radius 1 is 1.13 bits per heavy atom. The molecule has 8 heteroatoms. The molecule has 8 nitrogen and oxygen atoms in total. The number of amides is 1. The lowest BCUT2D eigenvalue weighted by atomic mass is 10.1. The van der Waals surface area contributed by atoms with Gasteiger partial charge in [-0.25, -0.2) is 9.97 Å². The lowest BCUT2D eigenvalue weighted by Gasteiger charge is -2.34. The van der Waals surface area contributed by atoms with E-state index in [1.165, 1.54) is 11.1 Å². The highest BCUT2D eigenvalue weighted by Gasteiger charge is 2.22. The van der Waals surface area contributed by atoms with E-state index in [2.05, 4.69) is 68.2 Å². The van der Waals surface area contributed by atoms with Crippen molar-refractivity contribution in [1.29, 1.82) is 0 Å². The molecular weight excluding hydrogens is 390 g/mol. The summed E-state index contributed by atoms with van der Waals surface area (Å²) < 4.78 is 0. The fourth-order valence-corrected chi connectivity index (χ4v) is 3.54. The molecule has 2 aromatic rings. The van der Waals surface area contributed by atoms with Gasteiger partial charge in [0.1, 0.15) is 0 Å². The van der Waals surface area contributed by atoms with Crippen molar-refractivity contribution >= 4 is 17.8 Å². The van der Waals surface area contributed by atoms with E-state index in [9.17, 15) is 4.79 Å². The van der Waals surface area contributed by atoms with Crippen LogP contribution in [0.1, 0.15) is 24.5 Å². The molecule has 166 valence electrons. The smallest absolute Gasteiger partial charge is 0.225 e. The third-order valence-corrected chi connectivity index (χ3v) is 5.29. The monoisotopic (exact) mass is 423 g/mol. The molecule has 1 fully saturated rings. The van der Waals surface area contributed by atoms with Crippen molar-refractivity contribution in [3.8, 4) is 0 Å². The molecule has 1 aromatic heterocycles. The Labute approximate surface area is 185 Å². The van der Waals surface area contributed by atoms with E-state index in [1.54, 1.807) is 12.4 Å². The first kappa shape index (κ1) is 22.5. The molecule has 2 heterocycles. The molecule has 1 amide bonds. The Kier molecular flexibility index (Phi) is 8.20. The van der Waals surface area contributed by atoms with Gasteiger partial charge in [-0.2, -0.15) is 0 Å². The summed E-state index contributed by atoms with van der Waals surface area (Å²) in [5, 5.41) is 3.32. The molecule has 1 N–H and O–H groups in total. The minimum atomic E-state index is 0.148. The number of nitrogens with one attached hydrogen (secondary N) is 1. The number of benzene rings is 1. The van der Waals surface area contributed by atoms with Gasteiger partial charge < -0.3 is 20.0 Å². The molecule has 0 spiro atoms. The zero-order valence-electron chi connectivity index (χ0n) is 18.8. The van der Waals surface area contributed by atoms with Crippen LogP contribution in [0.5, 0.6) is 0 Å². The summed E-state index contributed by atoms with van der Waals surface area (Å²) in [7, 11) is 2.02. The molecule has 1 saturated heterocycles. The van der Waals surface area contributed by atoms with Crippen LogP contribution in [0.3, 0.4) is 0 Å². The van der Waals surface area contributed by atoms with Gasteiger partial charge in [-0.1, -0.05) is 29.8 Å². The Morgan fingerprint density at radius 3 is 2.45 bits per heavy atom. The molecular formula is C23H33N7O. The van der Waals surface area contributed by atoms with Gasteiger partial charge in [0.15, 0.2) is 5.96 Å². The van der Waals surface area contributed by atoms with Crippen molar-refractivity contribution in [3.05, 3.63) is 53.9 Å². The Hall–Kier alpha value is -3.16. The van der Waals surface area contributed by atoms with E-state index >= 15 is 0 Å². The summed E-state index contributed by atoms with van der Waals surface area (Å²) in [4.78, 5) is 32.0. The van der Waals surface area contributed by atoms with Gasteiger partial charge in [0.05, 0.1) is 6.54 Å². The number of aryl methyl sites for hydroxylation is 1. The Balaban J connectivity index is 1.47. The molecule has 0 saturated carbocycles. The molecule has 31 heavy (non-hydrogen) atoms. The summed E-state index contributed by atoms with van der Waals surface area (Å²) >= 11 is 0. The van der Waals surface area contributed by atoms with E-state index in [0.29, 0.717) is 26.1 Å². The van der Waals surface area contributed by atoms with Crippen LogP contribution >= 0.6 is 0 Å². The number of hydrogen-bond donors (Lipinski definition) is 1. The van der Waals surface area contributed by atoms with Crippen molar-refractivity contribution < 1.29 is 4.79 Å². The van der Waals surface area contributed by atoms with E-state index in [1.807, 2.05) is 18.0 Å². The second kappa shape index (κ2) is 11.3. The summed E-state index contributed by atoms with van der Waals surface area (Å²) in [6.07, 6.45) is 3.90. The highest BCUT2D eigenvalue weighted by atomic mass is 16.2. The van der Waals surface area contributed by atoms with Gasteiger partial charge in [0, 0.05) is 65.1 Å². The lowest BCUT2D eigenvalue weighted by Crippen LogP contribution is -2.49. The number of nitrogens with zero attached hydrogens (tertiary/aromatic N) is 6. The number of aliphatic imine (C=N–C) groups is 1. The number of carbonyl (C=O) groups excluding carboxylic acids is 1. The number of piperazine rings is 1. The zero-order chi connectivity index (χ0) is 22.1. The predicted octanol–water partition coefficient (Wildman–Crippen LogP) is 1.92. The third-order valence-electron chi connectivity index (χ3n) is 5.29. The topological polar surface area (TPSA) is 77.0 Å². The molecule has 0 aliphatic carbocycles. The Bertz CT molecular complexity index is 846. The van der Waals surface area contributed by atoms with Crippen molar-refractivity contribution in [2.24, 2.45) is 4.99 Å². The Morgan fingerprint density at radius 2 is 1.81 bits per heavy atom. The maximum absolute atomic E-state index is 12.6. The quantitative estimate of drug-likeness (QED) is 0.542. The maximum atomic E-state index is 12.6. The van der Waals surface area contributed by atoms with Gasteiger partial charge in [0.2, 0.25) is 11.9 Å². The SMILES string of the molecule is CCNC(=NCCC(=O)N1CCN(c2ncccn2)CC1)N(C)Cc1ccc(C)cc1. The zero-order valence-corrected chi connectivity index (χ0v) is 18.8. The number of carbonyl (C=O) groups is 1. The van der Waals surface area contributed by atoms with E-state index in [4.69, 9.17) is 0 Å². The standard InChI is InChI=1S/C23H33N7O/c1-4-24-22(28(3)18-20-8-6-19(2)7-9-20)27-13-10-21(31)29-14-16-30(17-15-29)23-25-11-5-12-26-23/h5-9,11-12H,4,10,13-18H2,1-3H3,(H,24,27). The first-order valence-corrected chi connectivity index (χ1v) is 10.9. The van der Waals surface area contributed by atoms with E-state index in [0.717, 1.165) is 38.1 Å². The van der Waals surface area contributed by atoms with Crippen LogP contribution in [-0.4, -0.2) is 78.0 Å². The van der Waals surface area contributed by atoms with Crippen LogP contribution in [0.25, 0.3) is 0 Å². The highest BCUT2D eigenvalue weighted by molar-refractivity contribution is 5.81. The van der Waals surface area contributed by atoms with Crippen LogP contribution < -0.4 is 10.2 Å². The minimum absolute atomic E-state index is 0.148.